The van der Waals surface area contributed by atoms with E-state index in [-0.39, 0.29) is 11.8 Å². The van der Waals surface area contributed by atoms with Crippen molar-refractivity contribution in [3.05, 3.63) is 77.9 Å². The van der Waals surface area contributed by atoms with Crippen LogP contribution in [0.15, 0.2) is 66.7 Å². The zero-order chi connectivity index (χ0) is 18.8. The minimum atomic E-state index is -0.477. The van der Waals surface area contributed by atoms with Crippen LogP contribution in [0.4, 0.5) is 0 Å². The van der Waals surface area contributed by atoms with Crippen molar-refractivity contribution in [2.24, 2.45) is 11.8 Å². The number of rotatable bonds is 9. The monoisotopic (exact) mass is 350 g/mol. The van der Waals surface area contributed by atoms with Crippen molar-refractivity contribution in [2.75, 3.05) is 6.61 Å². The highest BCUT2D eigenvalue weighted by molar-refractivity contribution is 5.97. The van der Waals surface area contributed by atoms with Crippen molar-refractivity contribution in [3.8, 4) is 0 Å². The molecule has 0 bridgehead atoms. The van der Waals surface area contributed by atoms with Gasteiger partial charge in [0.05, 0.1) is 12.5 Å². The molecule has 2 aromatic rings. The molecule has 0 aliphatic carbocycles. The number of carbonyl (C=O) groups excluding carboxylic acids is 2. The lowest BCUT2D eigenvalue weighted by atomic mass is 9.82. The molecule has 0 aromatic heterocycles. The lowest BCUT2D eigenvalue weighted by Crippen LogP contribution is -2.32. The van der Waals surface area contributed by atoms with Crippen molar-refractivity contribution in [3.63, 3.8) is 0 Å². The van der Waals surface area contributed by atoms with Gasteiger partial charge in [0.25, 0.3) is 0 Å². The largest absolute Gasteiger partial charge is 0.466 e. The van der Waals surface area contributed by atoms with Gasteiger partial charge in [-0.15, -0.1) is 0 Å². The van der Waals surface area contributed by atoms with Crippen LogP contribution in [0.2, 0.25) is 0 Å². The fraction of sp³-hybridized carbons (Fsp3) is 0.304. The molecule has 2 unspecified atom stereocenters. The molecule has 2 aromatic carbocycles. The van der Waals surface area contributed by atoms with Crippen molar-refractivity contribution in [2.45, 2.75) is 26.7 Å². The fourth-order valence-electron chi connectivity index (χ4n) is 3.06. The van der Waals surface area contributed by atoms with E-state index in [1.807, 2.05) is 67.6 Å². The molecule has 2 rings (SSSR count). The van der Waals surface area contributed by atoms with E-state index in [0.29, 0.717) is 19.4 Å². The molecule has 136 valence electrons. The van der Waals surface area contributed by atoms with Gasteiger partial charge in [-0.05, 0) is 37.0 Å². The van der Waals surface area contributed by atoms with Crippen LogP contribution in [-0.4, -0.2) is 18.4 Å². The van der Waals surface area contributed by atoms with Crippen LogP contribution in [-0.2, 0) is 20.7 Å². The van der Waals surface area contributed by atoms with E-state index in [9.17, 15) is 9.59 Å². The zero-order valence-corrected chi connectivity index (χ0v) is 15.4. The Bertz CT molecular complexity index is 720. The summed E-state index contributed by atoms with van der Waals surface area (Å²) in [5.41, 5.74) is 2.00. The first-order valence-electron chi connectivity index (χ1n) is 9.13. The van der Waals surface area contributed by atoms with E-state index in [1.54, 1.807) is 19.1 Å². The highest BCUT2D eigenvalue weighted by Gasteiger charge is 2.32. The molecule has 0 saturated heterocycles. The molecule has 0 radical (unpaired) electrons. The van der Waals surface area contributed by atoms with Crippen molar-refractivity contribution in [1.82, 2.24) is 0 Å². The van der Waals surface area contributed by atoms with Gasteiger partial charge in [0.2, 0.25) is 0 Å². The minimum Gasteiger partial charge on any atom is -0.466 e. The molecule has 0 amide bonds. The highest BCUT2D eigenvalue weighted by atomic mass is 16.5. The van der Waals surface area contributed by atoms with Gasteiger partial charge >= 0.3 is 5.97 Å². The standard InChI is InChI=1S/C23H26O3/c1-3-20(22(24)16-15-18-11-7-5-8-12-18)21(23(25)26-4-2)17-19-13-9-6-10-14-19/h5-16,20-21H,3-4,17H2,1-2H3. The third kappa shape index (κ3) is 5.69. The first-order chi connectivity index (χ1) is 12.7. The second-order valence-corrected chi connectivity index (χ2v) is 6.21. The second kappa shape index (κ2) is 10.3. The summed E-state index contributed by atoms with van der Waals surface area (Å²) < 4.78 is 5.26. The van der Waals surface area contributed by atoms with Crippen LogP contribution in [0.5, 0.6) is 0 Å². The maximum Gasteiger partial charge on any atom is 0.310 e. The van der Waals surface area contributed by atoms with Gasteiger partial charge < -0.3 is 4.74 Å². The van der Waals surface area contributed by atoms with Crippen LogP contribution < -0.4 is 0 Å². The molecule has 0 aliphatic heterocycles. The molecule has 0 spiro atoms. The topological polar surface area (TPSA) is 43.4 Å². The third-order valence-corrected chi connectivity index (χ3v) is 4.42. The van der Waals surface area contributed by atoms with Crippen LogP contribution in [0.3, 0.4) is 0 Å². The number of esters is 1. The van der Waals surface area contributed by atoms with Crippen molar-refractivity contribution < 1.29 is 14.3 Å². The van der Waals surface area contributed by atoms with Crippen LogP contribution >= 0.6 is 0 Å². The van der Waals surface area contributed by atoms with Crippen LogP contribution in [0.1, 0.15) is 31.4 Å². The van der Waals surface area contributed by atoms with Crippen molar-refractivity contribution >= 4 is 17.8 Å². The quantitative estimate of drug-likeness (QED) is 0.485. The Morgan fingerprint density at radius 1 is 0.923 bits per heavy atom. The lowest BCUT2D eigenvalue weighted by molar-refractivity contribution is -0.151. The Labute approximate surface area is 155 Å². The Kier molecular flexibility index (Phi) is 7.81. The van der Waals surface area contributed by atoms with Gasteiger partial charge in [-0.3, -0.25) is 9.59 Å². The summed E-state index contributed by atoms with van der Waals surface area (Å²) in [6.07, 6.45) is 4.48. The molecule has 0 heterocycles. The average molecular weight is 350 g/mol. The highest BCUT2D eigenvalue weighted by Crippen LogP contribution is 2.24. The third-order valence-electron chi connectivity index (χ3n) is 4.42. The summed E-state index contributed by atoms with van der Waals surface area (Å²) in [7, 11) is 0. The summed E-state index contributed by atoms with van der Waals surface area (Å²) in [5, 5.41) is 0. The van der Waals surface area contributed by atoms with E-state index in [4.69, 9.17) is 4.74 Å². The molecular weight excluding hydrogens is 324 g/mol. The normalized spacial score (nSPS) is 13.3. The maximum absolute atomic E-state index is 12.8. The van der Waals surface area contributed by atoms with Gasteiger partial charge in [-0.25, -0.2) is 0 Å². The van der Waals surface area contributed by atoms with E-state index in [2.05, 4.69) is 0 Å². The summed E-state index contributed by atoms with van der Waals surface area (Å²) >= 11 is 0. The number of allylic oxidation sites excluding steroid dienone is 1. The van der Waals surface area contributed by atoms with Crippen molar-refractivity contribution in [1.29, 1.82) is 0 Å². The van der Waals surface area contributed by atoms with Gasteiger partial charge in [0, 0.05) is 5.92 Å². The van der Waals surface area contributed by atoms with E-state index in [0.717, 1.165) is 11.1 Å². The van der Waals surface area contributed by atoms with E-state index in [1.165, 1.54) is 0 Å². The summed E-state index contributed by atoms with van der Waals surface area (Å²) in [4.78, 5) is 25.3. The predicted octanol–water partition coefficient (Wildman–Crippen LogP) is 4.72. The number of hydrogen-bond acceptors (Lipinski definition) is 3. The first kappa shape index (κ1) is 19.6. The second-order valence-electron chi connectivity index (χ2n) is 6.21. The Balaban J connectivity index is 2.20. The summed E-state index contributed by atoms with van der Waals surface area (Å²) in [6.45, 7) is 4.04. The average Bonchev–Trinajstić information content (AvgIpc) is 2.68. The Morgan fingerprint density at radius 3 is 2.12 bits per heavy atom. The summed E-state index contributed by atoms with van der Waals surface area (Å²) in [6, 6.07) is 19.4. The smallest absolute Gasteiger partial charge is 0.310 e. The predicted molar refractivity (Wildman–Crippen MR) is 105 cm³/mol. The first-order valence-corrected chi connectivity index (χ1v) is 9.13. The molecule has 0 saturated carbocycles. The van der Waals surface area contributed by atoms with E-state index >= 15 is 0 Å². The van der Waals surface area contributed by atoms with Gasteiger partial charge in [-0.2, -0.15) is 0 Å². The van der Waals surface area contributed by atoms with Crippen LogP contribution in [0.25, 0.3) is 6.08 Å². The fourth-order valence-corrected chi connectivity index (χ4v) is 3.06. The maximum atomic E-state index is 12.8. The Hall–Kier alpha value is -2.68. The number of hydrogen-bond donors (Lipinski definition) is 0. The summed E-state index contributed by atoms with van der Waals surface area (Å²) in [5.74, 6) is -1.21. The Morgan fingerprint density at radius 2 is 1.54 bits per heavy atom. The molecule has 0 fully saturated rings. The SMILES string of the molecule is CCOC(=O)C(Cc1ccccc1)C(CC)C(=O)C=Cc1ccccc1. The lowest BCUT2D eigenvalue weighted by Gasteiger charge is -2.23. The molecule has 3 nitrogen and oxygen atoms in total. The molecule has 3 heteroatoms. The molecule has 2 atom stereocenters. The molecular formula is C23H26O3. The zero-order valence-electron chi connectivity index (χ0n) is 15.4. The molecule has 26 heavy (non-hydrogen) atoms. The van der Waals surface area contributed by atoms with E-state index < -0.39 is 11.8 Å². The number of ether oxygens (including phenoxy) is 1. The van der Waals surface area contributed by atoms with Gasteiger partial charge in [-0.1, -0.05) is 73.7 Å². The van der Waals surface area contributed by atoms with Gasteiger partial charge in [0.1, 0.15) is 0 Å². The minimum absolute atomic E-state index is 0.0367. The van der Waals surface area contributed by atoms with Gasteiger partial charge in [0.15, 0.2) is 5.78 Å². The molecule has 0 N–H and O–H groups in total. The number of benzene rings is 2. The number of ketones is 1. The number of carbonyl (C=O) groups is 2. The van der Waals surface area contributed by atoms with Crippen LogP contribution in [0, 0.1) is 11.8 Å². The molecule has 0 aliphatic rings.